The molecule has 3 aromatic rings. The lowest BCUT2D eigenvalue weighted by atomic mass is 9.67. The molecule has 1 fully saturated rings. The standard InChI is InChI=1S/C35H46N2O5/c1-27(29-11-7-5-8-12-29)37(26-34(40-3)41-4)33(39)18-24-42-23-17-28-15-16-32(38)31(25-28)35(19-21-36(2)22-20-35)30-13-9-6-10-14-30/h5-16,25,27,34,38H,17-24,26H2,1-4H3. The molecule has 1 heterocycles. The minimum atomic E-state index is -0.506. The van der Waals surface area contributed by atoms with Crippen molar-refractivity contribution in [2.45, 2.75) is 50.4 Å². The van der Waals surface area contributed by atoms with Crippen LogP contribution in [0.4, 0.5) is 0 Å². The Morgan fingerprint density at radius 2 is 1.60 bits per heavy atom. The Hall–Kier alpha value is -3.23. The van der Waals surface area contributed by atoms with Gasteiger partial charge in [0, 0.05) is 25.2 Å². The summed E-state index contributed by atoms with van der Waals surface area (Å²) in [7, 11) is 5.31. The maximum absolute atomic E-state index is 13.3. The van der Waals surface area contributed by atoms with Crippen LogP contribution in [0.25, 0.3) is 0 Å². The molecule has 42 heavy (non-hydrogen) atoms. The first-order chi connectivity index (χ1) is 20.4. The van der Waals surface area contributed by atoms with Crippen molar-refractivity contribution in [2.75, 3.05) is 54.1 Å². The molecular formula is C35H46N2O5. The van der Waals surface area contributed by atoms with Gasteiger partial charge in [-0.3, -0.25) is 4.79 Å². The molecule has 1 unspecified atom stereocenters. The summed E-state index contributed by atoms with van der Waals surface area (Å²) in [4.78, 5) is 17.5. The van der Waals surface area contributed by atoms with E-state index in [0.29, 0.717) is 31.9 Å². The highest BCUT2D eigenvalue weighted by molar-refractivity contribution is 5.76. The Kier molecular flexibility index (Phi) is 11.5. The molecule has 1 atom stereocenters. The van der Waals surface area contributed by atoms with Gasteiger partial charge in [0.25, 0.3) is 0 Å². The van der Waals surface area contributed by atoms with Crippen LogP contribution >= 0.6 is 0 Å². The largest absolute Gasteiger partial charge is 0.508 e. The first kappa shape index (κ1) is 31.7. The van der Waals surface area contributed by atoms with Crippen LogP contribution in [-0.4, -0.2) is 81.2 Å². The van der Waals surface area contributed by atoms with Crippen molar-refractivity contribution >= 4 is 5.91 Å². The van der Waals surface area contributed by atoms with Crippen LogP contribution in [0.1, 0.15) is 54.5 Å². The molecule has 0 bridgehead atoms. The van der Waals surface area contributed by atoms with Crippen LogP contribution in [0, 0.1) is 0 Å². The summed E-state index contributed by atoms with van der Waals surface area (Å²) in [5.41, 5.74) is 4.19. The smallest absolute Gasteiger partial charge is 0.225 e. The average Bonchev–Trinajstić information content (AvgIpc) is 3.03. The number of carbonyl (C=O) groups excluding carboxylic acids is 1. The number of hydrogen-bond acceptors (Lipinski definition) is 6. The van der Waals surface area contributed by atoms with Crippen molar-refractivity contribution in [3.05, 3.63) is 101 Å². The van der Waals surface area contributed by atoms with Crippen LogP contribution in [0.2, 0.25) is 0 Å². The first-order valence-electron chi connectivity index (χ1n) is 14.9. The highest BCUT2D eigenvalue weighted by atomic mass is 16.7. The second-order valence-corrected chi connectivity index (χ2v) is 11.2. The second kappa shape index (κ2) is 15.3. The molecule has 0 spiro atoms. The molecule has 0 aromatic heterocycles. The van der Waals surface area contributed by atoms with Crippen molar-refractivity contribution in [1.82, 2.24) is 9.80 Å². The molecule has 4 rings (SSSR count). The Bertz CT molecular complexity index is 1240. The number of phenols is 1. The van der Waals surface area contributed by atoms with E-state index < -0.39 is 6.29 Å². The third kappa shape index (κ3) is 7.78. The van der Waals surface area contributed by atoms with E-state index in [2.05, 4.69) is 42.3 Å². The van der Waals surface area contributed by atoms with E-state index in [0.717, 1.165) is 42.6 Å². The summed E-state index contributed by atoms with van der Waals surface area (Å²) >= 11 is 0. The number of aromatic hydroxyl groups is 1. The Balaban J connectivity index is 1.38. The molecule has 7 heteroatoms. The number of amides is 1. The molecule has 0 radical (unpaired) electrons. The van der Waals surface area contributed by atoms with Gasteiger partial charge in [0.2, 0.25) is 5.91 Å². The third-order valence-electron chi connectivity index (χ3n) is 8.68. The number of methoxy groups -OCH3 is 2. The summed E-state index contributed by atoms with van der Waals surface area (Å²) in [6, 6.07) is 26.4. The van der Waals surface area contributed by atoms with Gasteiger partial charge in [0.1, 0.15) is 5.75 Å². The van der Waals surface area contributed by atoms with E-state index in [9.17, 15) is 9.90 Å². The number of ether oxygens (including phenoxy) is 3. The quantitative estimate of drug-likeness (QED) is 0.201. The number of likely N-dealkylation sites (tertiary alicyclic amines) is 1. The Morgan fingerprint density at radius 1 is 0.952 bits per heavy atom. The van der Waals surface area contributed by atoms with Crippen LogP contribution in [0.3, 0.4) is 0 Å². The number of piperidine rings is 1. The highest BCUT2D eigenvalue weighted by Gasteiger charge is 2.39. The Morgan fingerprint density at radius 3 is 2.24 bits per heavy atom. The van der Waals surface area contributed by atoms with E-state index in [-0.39, 0.29) is 23.8 Å². The van der Waals surface area contributed by atoms with E-state index in [1.165, 1.54) is 5.56 Å². The zero-order chi connectivity index (χ0) is 30.0. The number of carbonyl (C=O) groups is 1. The second-order valence-electron chi connectivity index (χ2n) is 11.2. The summed E-state index contributed by atoms with van der Waals surface area (Å²) in [6.07, 6.45) is 2.37. The summed E-state index contributed by atoms with van der Waals surface area (Å²) in [6.45, 7) is 5.12. The molecule has 0 saturated carbocycles. The van der Waals surface area contributed by atoms with Gasteiger partial charge in [0.05, 0.1) is 32.2 Å². The van der Waals surface area contributed by atoms with Crippen molar-refractivity contribution in [3.63, 3.8) is 0 Å². The summed E-state index contributed by atoms with van der Waals surface area (Å²) in [5, 5.41) is 11.0. The number of phenolic OH excluding ortho intramolecular Hbond substituents is 1. The monoisotopic (exact) mass is 574 g/mol. The molecule has 226 valence electrons. The van der Waals surface area contributed by atoms with Crippen LogP contribution in [0.15, 0.2) is 78.9 Å². The molecule has 3 aromatic carbocycles. The van der Waals surface area contributed by atoms with Crippen molar-refractivity contribution in [3.8, 4) is 5.75 Å². The maximum Gasteiger partial charge on any atom is 0.225 e. The fourth-order valence-corrected chi connectivity index (χ4v) is 5.98. The van der Waals surface area contributed by atoms with Crippen molar-refractivity contribution in [2.24, 2.45) is 0 Å². The molecule has 1 amide bonds. The molecular weight excluding hydrogens is 528 g/mol. The molecule has 1 aliphatic heterocycles. The topological polar surface area (TPSA) is 71.5 Å². The Labute approximate surface area is 251 Å². The first-order valence-corrected chi connectivity index (χ1v) is 14.9. The minimum Gasteiger partial charge on any atom is -0.508 e. The number of rotatable bonds is 14. The maximum atomic E-state index is 13.3. The number of hydrogen-bond donors (Lipinski definition) is 1. The predicted molar refractivity (Wildman–Crippen MR) is 166 cm³/mol. The van der Waals surface area contributed by atoms with Gasteiger partial charge < -0.3 is 29.1 Å². The van der Waals surface area contributed by atoms with Crippen molar-refractivity contribution in [1.29, 1.82) is 0 Å². The third-order valence-corrected chi connectivity index (χ3v) is 8.68. The van der Waals surface area contributed by atoms with Gasteiger partial charge in [-0.15, -0.1) is 0 Å². The predicted octanol–water partition coefficient (Wildman–Crippen LogP) is 5.56. The molecule has 1 aliphatic rings. The molecule has 1 saturated heterocycles. The van der Waals surface area contributed by atoms with Crippen LogP contribution in [0.5, 0.6) is 5.75 Å². The molecule has 1 N–H and O–H groups in total. The minimum absolute atomic E-state index is 0.00978. The van der Waals surface area contributed by atoms with Gasteiger partial charge >= 0.3 is 0 Å². The van der Waals surface area contributed by atoms with Crippen molar-refractivity contribution < 1.29 is 24.1 Å². The fourth-order valence-electron chi connectivity index (χ4n) is 5.98. The normalized spacial score (nSPS) is 15.9. The number of nitrogens with zero attached hydrogens (tertiary/aromatic N) is 2. The molecule has 0 aliphatic carbocycles. The van der Waals surface area contributed by atoms with Crippen LogP contribution < -0.4 is 0 Å². The van der Waals surface area contributed by atoms with E-state index in [4.69, 9.17) is 14.2 Å². The fraction of sp³-hybridized carbons (Fsp3) is 0.457. The average molecular weight is 575 g/mol. The van der Waals surface area contributed by atoms with E-state index in [1.807, 2.05) is 55.5 Å². The lowest BCUT2D eigenvalue weighted by Gasteiger charge is -2.42. The van der Waals surface area contributed by atoms with Gasteiger partial charge in [-0.25, -0.2) is 0 Å². The van der Waals surface area contributed by atoms with E-state index >= 15 is 0 Å². The summed E-state index contributed by atoms with van der Waals surface area (Å²) < 4.78 is 16.7. The van der Waals surface area contributed by atoms with E-state index in [1.54, 1.807) is 19.1 Å². The SMILES string of the molecule is COC(CN(C(=O)CCOCCc1ccc(O)c(C2(c3ccccc3)CCN(C)CC2)c1)C(C)c1ccccc1)OC. The van der Waals surface area contributed by atoms with Gasteiger partial charge in [-0.2, -0.15) is 0 Å². The lowest BCUT2D eigenvalue weighted by Crippen LogP contribution is -2.41. The molecule has 7 nitrogen and oxygen atoms in total. The lowest BCUT2D eigenvalue weighted by molar-refractivity contribution is -0.150. The zero-order valence-corrected chi connectivity index (χ0v) is 25.5. The highest BCUT2D eigenvalue weighted by Crippen LogP contribution is 2.45. The van der Waals surface area contributed by atoms with Gasteiger partial charge in [-0.05, 0) is 69.1 Å². The zero-order valence-electron chi connectivity index (χ0n) is 25.5. The van der Waals surface area contributed by atoms with Gasteiger partial charge in [-0.1, -0.05) is 72.8 Å². The number of benzene rings is 3. The summed E-state index contributed by atoms with van der Waals surface area (Å²) in [5.74, 6) is 0.334. The van der Waals surface area contributed by atoms with Gasteiger partial charge in [0.15, 0.2) is 6.29 Å². The van der Waals surface area contributed by atoms with Crippen LogP contribution in [-0.2, 0) is 30.8 Å².